The molecule has 0 unspecified atom stereocenters. The van der Waals surface area contributed by atoms with E-state index in [1.165, 1.54) is 6.07 Å². The molecule has 0 saturated carbocycles. The summed E-state index contributed by atoms with van der Waals surface area (Å²) in [5, 5.41) is 3.01. The molecule has 0 aliphatic carbocycles. The van der Waals surface area contributed by atoms with Crippen molar-refractivity contribution in [3.05, 3.63) is 58.1 Å². The van der Waals surface area contributed by atoms with Crippen LogP contribution in [0.15, 0.2) is 47.4 Å². The van der Waals surface area contributed by atoms with Gasteiger partial charge in [-0.25, -0.2) is 4.79 Å². The number of anilines is 1. The van der Waals surface area contributed by atoms with Crippen LogP contribution in [0.2, 0.25) is 10.0 Å². The lowest BCUT2D eigenvalue weighted by Gasteiger charge is -2.10. The van der Waals surface area contributed by atoms with E-state index in [4.69, 9.17) is 27.9 Å². The zero-order valence-electron chi connectivity index (χ0n) is 13.3. The first kappa shape index (κ1) is 19.4. The fourth-order valence-electron chi connectivity index (χ4n) is 1.98. The van der Waals surface area contributed by atoms with Gasteiger partial charge in [-0.2, -0.15) is 0 Å². The fraction of sp³-hybridized carbons (Fsp3) is 0.176. The second-order valence-electron chi connectivity index (χ2n) is 4.86. The lowest BCUT2D eigenvalue weighted by atomic mass is 10.2. The minimum absolute atomic E-state index is 0.177. The Morgan fingerprint density at radius 3 is 2.56 bits per heavy atom. The second kappa shape index (κ2) is 8.99. The number of benzene rings is 2. The summed E-state index contributed by atoms with van der Waals surface area (Å²) >= 11 is 11.8. The predicted octanol–water partition coefficient (Wildman–Crippen LogP) is 3.92. The van der Waals surface area contributed by atoms with Crippen LogP contribution in [0.4, 0.5) is 5.69 Å². The number of nitrogens with one attached hydrogen (secondary N) is 1. The zero-order valence-corrected chi connectivity index (χ0v) is 15.6. The summed E-state index contributed by atoms with van der Waals surface area (Å²) in [6, 6.07) is 11.2. The van der Waals surface area contributed by atoms with Gasteiger partial charge in [0.05, 0.1) is 37.0 Å². The van der Waals surface area contributed by atoms with Crippen molar-refractivity contribution in [2.45, 2.75) is 11.8 Å². The van der Waals surface area contributed by atoms with Crippen molar-refractivity contribution in [1.29, 1.82) is 0 Å². The molecule has 132 valence electrons. The van der Waals surface area contributed by atoms with Gasteiger partial charge in [-0.3, -0.25) is 9.00 Å². The van der Waals surface area contributed by atoms with Gasteiger partial charge >= 0.3 is 5.97 Å². The van der Waals surface area contributed by atoms with Gasteiger partial charge in [0.2, 0.25) is 0 Å². The predicted molar refractivity (Wildman–Crippen MR) is 98.8 cm³/mol. The Balaban J connectivity index is 2.02. The normalized spacial score (nSPS) is 11.6. The van der Waals surface area contributed by atoms with E-state index in [1.807, 2.05) is 0 Å². The first-order valence-electron chi connectivity index (χ1n) is 7.32. The van der Waals surface area contributed by atoms with E-state index in [1.54, 1.807) is 43.3 Å². The van der Waals surface area contributed by atoms with Crippen molar-refractivity contribution in [3.63, 3.8) is 0 Å². The molecule has 0 aliphatic rings. The smallest absolute Gasteiger partial charge is 0.339 e. The quantitative estimate of drug-likeness (QED) is 0.747. The largest absolute Gasteiger partial charge is 0.452 e. The molecule has 2 aromatic rings. The van der Waals surface area contributed by atoms with Crippen LogP contribution in [0.25, 0.3) is 0 Å². The molecular weight excluding hydrogens is 385 g/mol. The molecule has 0 bridgehead atoms. The zero-order chi connectivity index (χ0) is 18.4. The van der Waals surface area contributed by atoms with Crippen LogP contribution in [0.1, 0.15) is 17.3 Å². The van der Waals surface area contributed by atoms with Crippen molar-refractivity contribution in [2.24, 2.45) is 0 Å². The number of halogens is 2. The Bertz CT molecular complexity index is 826. The molecule has 0 heterocycles. The lowest BCUT2D eigenvalue weighted by Crippen LogP contribution is -2.21. The van der Waals surface area contributed by atoms with Crippen LogP contribution in [-0.4, -0.2) is 28.4 Å². The van der Waals surface area contributed by atoms with E-state index >= 15 is 0 Å². The Hall–Kier alpha value is -1.89. The van der Waals surface area contributed by atoms with Crippen molar-refractivity contribution in [3.8, 4) is 0 Å². The third-order valence-corrected chi connectivity index (χ3v) is 5.36. The Kier molecular flexibility index (Phi) is 6.99. The molecular formula is C17H15Cl2NO4S. The molecule has 2 rings (SSSR count). The lowest BCUT2D eigenvalue weighted by molar-refractivity contribution is -0.119. The first-order valence-corrected chi connectivity index (χ1v) is 9.40. The van der Waals surface area contributed by atoms with Gasteiger partial charge in [0, 0.05) is 5.75 Å². The minimum atomic E-state index is -1.31. The molecule has 0 saturated heterocycles. The highest BCUT2D eigenvalue weighted by atomic mass is 35.5. The molecule has 0 radical (unpaired) electrons. The molecule has 0 spiro atoms. The van der Waals surface area contributed by atoms with Crippen molar-refractivity contribution >= 4 is 51.6 Å². The highest BCUT2D eigenvalue weighted by Gasteiger charge is 2.17. The van der Waals surface area contributed by atoms with Crippen LogP contribution < -0.4 is 5.32 Å². The van der Waals surface area contributed by atoms with Crippen molar-refractivity contribution in [2.75, 3.05) is 17.7 Å². The summed E-state index contributed by atoms with van der Waals surface area (Å²) in [5.41, 5.74) is 0.499. The molecule has 1 amide bonds. The number of amides is 1. The van der Waals surface area contributed by atoms with E-state index in [9.17, 15) is 13.8 Å². The number of ether oxygens (including phenoxy) is 1. The average Bonchev–Trinajstić information content (AvgIpc) is 2.63. The highest BCUT2D eigenvalue weighted by Crippen LogP contribution is 2.29. The van der Waals surface area contributed by atoms with Gasteiger partial charge in [-0.1, -0.05) is 48.3 Å². The second-order valence-corrected chi connectivity index (χ2v) is 7.35. The summed E-state index contributed by atoms with van der Waals surface area (Å²) in [4.78, 5) is 24.5. The summed E-state index contributed by atoms with van der Waals surface area (Å²) in [6.45, 7) is 1.25. The summed E-state index contributed by atoms with van der Waals surface area (Å²) in [5.74, 6) is -0.908. The molecule has 25 heavy (non-hydrogen) atoms. The number of esters is 1. The monoisotopic (exact) mass is 399 g/mol. The molecule has 8 heteroatoms. The third-order valence-electron chi connectivity index (χ3n) is 3.17. The van der Waals surface area contributed by atoms with Crippen LogP contribution in [0, 0.1) is 0 Å². The summed E-state index contributed by atoms with van der Waals surface area (Å²) < 4.78 is 17.0. The van der Waals surface area contributed by atoms with Gasteiger partial charge in [-0.05, 0) is 24.3 Å². The van der Waals surface area contributed by atoms with Gasteiger partial charge in [0.25, 0.3) is 5.91 Å². The molecule has 0 aliphatic heterocycles. The molecule has 1 N–H and O–H groups in total. The van der Waals surface area contributed by atoms with E-state index in [-0.39, 0.29) is 10.6 Å². The molecule has 2 aromatic carbocycles. The Labute approximate surface area is 157 Å². The molecule has 0 fully saturated rings. The van der Waals surface area contributed by atoms with Crippen molar-refractivity contribution in [1.82, 2.24) is 0 Å². The van der Waals surface area contributed by atoms with Gasteiger partial charge in [-0.15, -0.1) is 0 Å². The highest BCUT2D eigenvalue weighted by molar-refractivity contribution is 7.85. The number of carbonyl (C=O) groups is 2. The van der Waals surface area contributed by atoms with Crippen LogP contribution >= 0.6 is 23.2 Å². The molecule has 5 nitrogen and oxygen atoms in total. The maximum Gasteiger partial charge on any atom is 0.339 e. The third kappa shape index (κ3) is 5.04. The van der Waals surface area contributed by atoms with Crippen molar-refractivity contribution < 1.29 is 18.5 Å². The average molecular weight is 400 g/mol. The number of carbonyl (C=O) groups excluding carboxylic acids is 2. The maximum atomic E-state index is 12.2. The number of hydrogen-bond acceptors (Lipinski definition) is 4. The van der Waals surface area contributed by atoms with E-state index in [0.717, 1.165) is 0 Å². The van der Waals surface area contributed by atoms with Gasteiger partial charge in [0.15, 0.2) is 6.61 Å². The standard InChI is InChI=1S/C17H15Cl2NO4S/c1-2-25(23)14-9-4-3-6-11(14)17(22)24-10-15(21)20-13-8-5-7-12(18)16(13)19/h3-9H,2,10H2,1H3,(H,20,21)/t25-/m1/s1. The summed E-state index contributed by atoms with van der Waals surface area (Å²) in [7, 11) is -1.31. The van der Waals surface area contributed by atoms with Crippen LogP contribution in [-0.2, 0) is 20.3 Å². The topological polar surface area (TPSA) is 72.5 Å². The Morgan fingerprint density at radius 2 is 1.84 bits per heavy atom. The number of hydrogen-bond donors (Lipinski definition) is 1. The van der Waals surface area contributed by atoms with E-state index in [0.29, 0.717) is 21.4 Å². The number of rotatable bonds is 6. The SMILES string of the molecule is CC[S@@](=O)c1ccccc1C(=O)OCC(=O)Nc1cccc(Cl)c1Cl. The Morgan fingerprint density at radius 1 is 1.12 bits per heavy atom. The molecule has 0 aromatic heterocycles. The minimum Gasteiger partial charge on any atom is -0.452 e. The summed E-state index contributed by atoms with van der Waals surface area (Å²) in [6.07, 6.45) is 0. The first-order chi connectivity index (χ1) is 11.9. The fourth-order valence-corrected chi connectivity index (χ4v) is 3.27. The van der Waals surface area contributed by atoms with Crippen LogP contribution in [0.3, 0.4) is 0 Å². The maximum absolute atomic E-state index is 12.2. The van der Waals surface area contributed by atoms with E-state index in [2.05, 4.69) is 5.32 Å². The van der Waals surface area contributed by atoms with Gasteiger partial charge in [0.1, 0.15) is 0 Å². The molecule has 1 atom stereocenters. The van der Waals surface area contributed by atoms with Gasteiger partial charge < -0.3 is 10.1 Å². The van der Waals surface area contributed by atoms with E-state index < -0.39 is 29.3 Å². The van der Waals surface area contributed by atoms with Crippen LogP contribution in [0.5, 0.6) is 0 Å².